The molecule has 2 atom stereocenters. The number of thiophene rings is 1. The molecular formula is C22H21FN2O4S2. The van der Waals surface area contributed by atoms with Crippen LogP contribution in [0.5, 0.6) is 0 Å². The van der Waals surface area contributed by atoms with E-state index in [1.165, 1.54) is 47.7 Å². The second-order valence-electron chi connectivity index (χ2n) is 7.01. The lowest BCUT2D eigenvalue weighted by molar-refractivity contribution is -0.123. The van der Waals surface area contributed by atoms with Crippen LogP contribution in [0, 0.1) is 5.82 Å². The van der Waals surface area contributed by atoms with Crippen LogP contribution in [-0.4, -0.2) is 32.5 Å². The van der Waals surface area contributed by atoms with E-state index in [1.807, 2.05) is 0 Å². The Hall–Kier alpha value is -3.04. The van der Waals surface area contributed by atoms with Crippen molar-refractivity contribution in [3.05, 3.63) is 87.9 Å². The number of rotatable bonds is 7. The zero-order chi connectivity index (χ0) is 22.6. The van der Waals surface area contributed by atoms with Gasteiger partial charge >= 0.3 is 0 Å². The minimum atomic E-state index is -3.46. The summed E-state index contributed by atoms with van der Waals surface area (Å²) in [6.07, 6.45) is 1.10. The van der Waals surface area contributed by atoms with Gasteiger partial charge in [-0.05, 0) is 53.8 Å². The van der Waals surface area contributed by atoms with Gasteiger partial charge in [0.15, 0.2) is 9.84 Å². The van der Waals surface area contributed by atoms with Crippen molar-refractivity contribution in [3.63, 3.8) is 0 Å². The van der Waals surface area contributed by atoms with E-state index in [-0.39, 0.29) is 10.8 Å². The predicted octanol–water partition coefficient (Wildman–Crippen LogP) is 3.31. The summed E-state index contributed by atoms with van der Waals surface area (Å²) >= 11 is 1.26. The van der Waals surface area contributed by atoms with Crippen molar-refractivity contribution in [2.24, 2.45) is 0 Å². The van der Waals surface area contributed by atoms with E-state index in [2.05, 4.69) is 10.6 Å². The minimum Gasteiger partial charge on any atom is -0.343 e. The fourth-order valence-electron chi connectivity index (χ4n) is 2.95. The normalized spacial score (nSPS) is 13.3. The fourth-order valence-corrected chi connectivity index (χ4v) is 4.25. The summed E-state index contributed by atoms with van der Waals surface area (Å²) in [6, 6.07) is 13.6. The van der Waals surface area contributed by atoms with Crippen LogP contribution in [-0.2, 0) is 14.6 Å². The van der Waals surface area contributed by atoms with Crippen molar-refractivity contribution >= 4 is 33.0 Å². The van der Waals surface area contributed by atoms with E-state index in [4.69, 9.17) is 0 Å². The molecule has 1 aromatic heterocycles. The molecule has 2 N–H and O–H groups in total. The first-order chi connectivity index (χ1) is 14.6. The molecule has 0 spiro atoms. The molecule has 0 aliphatic rings. The SMILES string of the molecule is CC(NC(=O)c1cccs1)C(=O)NC(c1ccc(F)cc1)c1cccc(S(C)(=O)=O)c1. The van der Waals surface area contributed by atoms with Gasteiger partial charge in [0.25, 0.3) is 5.91 Å². The van der Waals surface area contributed by atoms with Crippen molar-refractivity contribution in [1.29, 1.82) is 0 Å². The highest BCUT2D eigenvalue weighted by Gasteiger charge is 2.23. The number of nitrogens with one attached hydrogen (secondary N) is 2. The first-order valence-corrected chi connectivity index (χ1v) is 12.1. The fraction of sp³-hybridized carbons (Fsp3) is 0.182. The average molecular weight is 461 g/mol. The Labute approximate surface area is 184 Å². The molecule has 2 amide bonds. The van der Waals surface area contributed by atoms with Gasteiger partial charge in [-0.2, -0.15) is 0 Å². The maximum atomic E-state index is 13.4. The van der Waals surface area contributed by atoms with Gasteiger partial charge in [-0.15, -0.1) is 11.3 Å². The van der Waals surface area contributed by atoms with Crippen LogP contribution in [0.3, 0.4) is 0 Å². The molecule has 0 bridgehead atoms. The van der Waals surface area contributed by atoms with Crippen molar-refractivity contribution in [3.8, 4) is 0 Å². The van der Waals surface area contributed by atoms with Crippen molar-refractivity contribution < 1.29 is 22.4 Å². The van der Waals surface area contributed by atoms with Crippen LogP contribution in [0.1, 0.15) is 33.8 Å². The third-order valence-corrected chi connectivity index (χ3v) is 6.57. The molecule has 0 aliphatic heterocycles. The minimum absolute atomic E-state index is 0.102. The zero-order valence-corrected chi connectivity index (χ0v) is 18.5. The molecule has 162 valence electrons. The van der Waals surface area contributed by atoms with E-state index < -0.39 is 33.6 Å². The Morgan fingerprint density at radius 2 is 1.68 bits per heavy atom. The molecule has 9 heteroatoms. The quantitative estimate of drug-likeness (QED) is 0.566. The van der Waals surface area contributed by atoms with Gasteiger partial charge in [-0.25, -0.2) is 12.8 Å². The highest BCUT2D eigenvalue weighted by molar-refractivity contribution is 7.90. The van der Waals surface area contributed by atoms with Crippen molar-refractivity contribution in [2.75, 3.05) is 6.26 Å². The molecule has 2 aromatic carbocycles. The summed E-state index contributed by atoms with van der Waals surface area (Å²) in [4.78, 5) is 25.7. The second-order valence-corrected chi connectivity index (χ2v) is 9.97. The number of amides is 2. The van der Waals surface area contributed by atoms with Gasteiger partial charge in [0.05, 0.1) is 15.8 Å². The smallest absolute Gasteiger partial charge is 0.261 e. The third kappa shape index (κ3) is 5.77. The number of carbonyl (C=O) groups excluding carboxylic acids is 2. The summed E-state index contributed by atoms with van der Waals surface area (Å²) in [6.45, 7) is 1.55. The molecule has 1 heterocycles. The molecule has 31 heavy (non-hydrogen) atoms. The Bertz CT molecular complexity index is 1180. The number of hydrogen-bond donors (Lipinski definition) is 2. The number of halogens is 1. The van der Waals surface area contributed by atoms with Gasteiger partial charge in [0.1, 0.15) is 11.9 Å². The van der Waals surface area contributed by atoms with Crippen LogP contribution in [0.2, 0.25) is 0 Å². The molecule has 0 aliphatic carbocycles. The van der Waals surface area contributed by atoms with Crippen molar-refractivity contribution in [2.45, 2.75) is 23.9 Å². The number of carbonyl (C=O) groups is 2. The van der Waals surface area contributed by atoms with Gasteiger partial charge in [0, 0.05) is 6.26 Å². The monoisotopic (exact) mass is 460 g/mol. The summed E-state index contributed by atoms with van der Waals surface area (Å²) in [5.74, 6) is -1.27. The first kappa shape index (κ1) is 22.6. The lowest BCUT2D eigenvalue weighted by atomic mass is 9.98. The van der Waals surface area contributed by atoms with Crippen LogP contribution in [0.15, 0.2) is 70.9 Å². The molecule has 6 nitrogen and oxygen atoms in total. The standard InChI is InChI=1S/C22H21FN2O4S2/c1-14(24-22(27)19-7-4-12-30-19)21(26)25-20(15-8-10-17(23)11-9-15)16-5-3-6-18(13-16)31(2,28)29/h3-14,20H,1-2H3,(H,24,27)(H,25,26). The van der Waals surface area contributed by atoms with Gasteiger partial charge in [-0.3, -0.25) is 9.59 Å². The predicted molar refractivity (Wildman–Crippen MR) is 117 cm³/mol. The summed E-state index contributed by atoms with van der Waals surface area (Å²) in [5.41, 5.74) is 1.08. The number of benzene rings is 2. The van der Waals surface area contributed by atoms with E-state index >= 15 is 0 Å². The van der Waals surface area contributed by atoms with Gasteiger partial charge in [0.2, 0.25) is 5.91 Å². The maximum Gasteiger partial charge on any atom is 0.261 e. The maximum absolute atomic E-state index is 13.4. The zero-order valence-electron chi connectivity index (χ0n) is 16.8. The molecule has 3 aromatic rings. The second kappa shape index (κ2) is 9.40. The molecule has 0 radical (unpaired) electrons. The highest BCUT2D eigenvalue weighted by atomic mass is 32.2. The molecule has 3 rings (SSSR count). The van der Waals surface area contributed by atoms with Crippen LogP contribution in [0.4, 0.5) is 4.39 Å². The lowest BCUT2D eigenvalue weighted by Gasteiger charge is -2.23. The Morgan fingerprint density at radius 3 is 2.29 bits per heavy atom. The van der Waals surface area contributed by atoms with E-state index in [1.54, 1.807) is 36.6 Å². The average Bonchev–Trinajstić information content (AvgIpc) is 3.27. The van der Waals surface area contributed by atoms with E-state index in [9.17, 15) is 22.4 Å². The van der Waals surface area contributed by atoms with Crippen LogP contribution >= 0.6 is 11.3 Å². The van der Waals surface area contributed by atoms with Crippen LogP contribution < -0.4 is 10.6 Å². The molecular weight excluding hydrogens is 439 g/mol. The Balaban J connectivity index is 1.87. The number of sulfone groups is 1. The first-order valence-electron chi connectivity index (χ1n) is 9.35. The van der Waals surface area contributed by atoms with Crippen LogP contribution in [0.25, 0.3) is 0 Å². The molecule has 0 saturated carbocycles. The third-order valence-electron chi connectivity index (χ3n) is 4.60. The topological polar surface area (TPSA) is 92.3 Å². The Morgan fingerprint density at radius 1 is 0.968 bits per heavy atom. The van der Waals surface area contributed by atoms with Gasteiger partial charge < -0.3 is 10.6 Å². The summed E-state index contributed by atoms with van der Waals surface area (Å²) < 4.78 is 37.4. The molecule has 0 saturated heterocycles. The van der Waals surface area contributed by atoms with Gasteiger partial charge in [-0.1, -0.05) is 30.3 Å². The lowest BCUT2D eigenvalue weighted by Crippen LogP contribution is -2.46. The van der Waals surface area contributed by atoms with Crippen molar-refractivity contribution in [1.82, 2.24) is 10.6 Å². The summed E-state index contributed by atoms with van der Waals surface area (Å²) in [5, 5.41) is 7.23. The van der Waals surface area contributed by atoms with E-state index in [0.717, 1.165) is 6.26 Å². The van der Waals surface area contributed by atoms with E-state index in [0.29, 0.717) is 16.0 Å². The largest absolute Gasteiger partial charge is 0.343 e. The molecule has 0 fully saturated rings. The molecule has 2 unspecified atom stereocenters. The highest BCUT2D eigenvalue weighted by Crippen LogP contribution is 2.25. The number of hydrogen-bond acceptors (Lipinski definition) is 5. The summed E-state index contributed by atoms with van der Waals surface area (Å²) in [7, 11) is -3.46. The Kier molecular flexibility index (Phi) is 6.87.